The molecule has 0 aliphatic carbocycles. The lowest BCUT2D eigenvalue weighted by Gasteiger charge is -2.20. The lowest BCUT2D eigenvalue weighted by atomic mass is 9.89. The molecule has 6 heteroatoms. The van der Waals surface area contributed by atoms with E-state index >= 15 is 0 Å². The summed E-state index contributed by atoms with van der Waals surface area (Å²) in [5.41, 5.74) is 1.03. The molecule has 1 heterocycles. The monoisotopic (exact) mass is 369 g/mol. The quantitative estimate of drug-likeness (QED) is 0.763. The Kier molecular flexibility index (Phi) is 5.58. The van der Waals surface area contributed by atoms with E-state index < -0.39 is 6.10 Å². The summed E-state index contributed by atoms with van der Waals surface area (Å²) in [5.74, 6) is -0.794. The van der Waals surface area contributed by atoms with Crippen molar-refractivity contribution >= 4 is 27.8 Å². The van der Waals surface area contributed by atoms with Gasteiger partial charge in [0.1, 0.15) is 6.10 Å². The zero-order valence-electron chi connectivity index (χ0n) is 12.9. The van der Waals surface area contributed by atoms with Gasteiger partial charge in [-0.1, -0.05) is 28.1 Å². The molecule has 120 valence electrons. The second kappa shape index (κ2) is 7.24. The first kappa shape index (κ1) is 17.0. The zero-order chi connectivity index (χ0) is 16.3. The van der Waals surface area contributed by atoms with Crippen molar-refractivity contribution in [1.82, 2.24) is 4.90 Å². The summed E-state index contributed by atoms with van der Waals surface area (Å²) < 4.78 is 11.0. The number of nitrogens with zero attached hydrogens (tertiary/aromatic N) is 1. The van der Waals surface area contributed by atoms with E-state index in [1.54, 1.807) is 11.8 Å². The molecular weight excluding hydrogens is 350 g/mol. The molecule has 22 heavy (non-hydrogen) atoms. The van der Waals surface area contributed by atoms with E-state index in [1.165, 1.54) is 14.2 Å². The van der Waals surface area contributed by atoms with E-state index in [0.29, 0.717) is 13.1 Å². The molecule has 0 N–H and O–H groups in total. The van der Waals surface area contributed by atoms with Crippen molar-refractivity contribution < 1.29 is 19.1 Å². The van der Waals surface area contributed by atoms with Crippen LogP contribution in [0.3, 0.4) is 0 Å². The first-order valence-corrected chi connectivity index (χ1v) is 7.92. The summed E-state index contributed by atoms with van der Waals surface area (Å²) in [4.78, 5) is 26.1. The van der Waals surface area contributed by atoms with Crippen LogP contribution in [0.1, 0.15) is 18.4 Å². The van der Waals surface area contributed by atoms with Crippen LogP contribution in [0.15, 0.2) is 28.7 Å². The van der Waals surface area contributed by atoms with Gasteiger partial charge in [-0.2, -0.15) is 0 Å². The van der Waals surface area contributed by atoms with E-state index in [2.05, 4.69) is 15.9 Å². The van der Waals surface area contributed by atoms with Crippen molar-refractivity contribution in [3.05, 3.63) is 34.3 Å². The standard InChI is InChI=1S/C16H20BrNO4/c1-10(21-2)15(19)18-8-13(14(9-18)16(20)22-3)11-4-6-12(17)7-5-11/h4-7,10,13-14H,8-9H2,1-3H3/t10?,13-,14+/m1/s1. The Morgan fingerprint density at radius 2 is 1.86 bits per heavy atom. The van der Waals surface area contributed by atoms with Gasteiger partial charge in [-0.25, -0.2) is 0 Å². The van der Waals surface area contributed by atoms with E-state index in [-0.39, 0.29) is 23.7 Å². The average molecular weight is 370 g/mol. The molecule has 0 spiro atoms. The maximum atomic E-state index is 12.3. The molecule has 1 aliphatic heterocycles. The first-order valence-electron chi connectivity index (χ1n) is 7.12. The van der Waals surface area contributed by atoms with Crippen LogP contribution in [0.4, 0.5) is 0 Å². The number of carbonyl (C=O) groups excluding carboxylic acids is 2. The van der Waals surface area contributed by atoms with Crippen LogP contribution >= 0.6 is 15.9 Å². The third-order valence-electron chi connectivity index (χ3n) is 4.13. The number of esters is 1. The molecule has 0 bridgehead atoms. The Labute approximate surface area is 138 Å². The fourth-order valence-electron chi connectivity index (χ4n) is 2.78. The van der Waals surface area contributed by atoms with Crippen LogP contribution in [0, 0.1) is 5.92 Å². The van der Waals surface area contributed by atoms with Crippen molar-refractivity contribution in [2.75, 3.05) is 27.3 Å². The van der Waals surface area contributed by atoms with Gasteiger partial charge in [0.05, 0.1) is 13.0 Å². The zero-order valence-corrected chi connectivity index (χ0v) is 14.5. The normalized spacial score (nSPS) is 22.5. The first-order chi connectivity index (χ1) is 10.5. The van der Waals surface area contributed by atoms with Gasteiger partial charge in [0.15, 0.2) is 0 Å². The maximum Gasteiger partial charge on any atom is 0.311 e. The number of rotatable bonds is 4. The lowest BCUT2D eigenvalue weighted by Crippen LogP contribution is -2.37. The van der Waals surface area contributed by atoms with Crippen LogP contribution in [-0.4, -0.2) is 50.2 Å². The molecule has 0 saturated carbocycles. The Bertz CT molecular complexity index is 546. The third kappa shape index (κ3) is 3.50. The molecule has 5 nitrogen and oxygen atoms in total. The number of carbonyl (C=O) groups is 2. The molecule has 1 amide bonds. The molecule has 1 aromatic rings. The number of ether oxygens (including phenoxy) is 2. The Hall–Kier alpha value is -1.40. The van der Waals surface area contributed by atoms with Gasteiger partial charge in [-0.15, -0.1) is 0 Å². The number of benzene rings is 1. The minimum Gasteiger partial charge on any atom is -0.469 e. The van der Waals surface area contributed by atoms with Crippen molar-refractivity contribution in [3.8, 4) is 0 Å². The number of halogens is 1. The molecule has 3 atom stereocenters. The van der Waals surface area contributed by atoms with E-state index in [4.69, 9.17) is 9.47 Å². The highest BCUT2D eigenvalue weighted by Gasteiger charge is 2.41. The van der Waals surface area contributed by atoms with Crippen LogP contribution in [0.25, 0.3) is 0 Å². The minimum absolute atomic E-state index is 0.0615. The Morgan fingerprint density at radius 3 is 2.41 bits per heavy atom. The number of methoxy groups -OCH3 is 2. The van der Waals surface area contributed by atoms with Crippen LogP contribution in [0.5, 0.6) is 0 Å². The van der Waals surface area contributed by atoms with Crippen molar-refractivity contribution in [1.29, 1.82) is 0 Å². The van der Waals surface area contributed by atoms with Gasteiger partial charge < -0.3 is 14.4 Å². The van der Waals surface area contributed by atoms with Gasteiger partial charge in [0, 0.05) is 30.6 Å². The van der Waals surface area contributed by atoms with E-state index in [1.807, 2.05) is 24.3 Å². The highest BCUT2D eigenvalue weighted by Crippen LogP contribution is 2.34. The maximum absolute atomic E-state index is 12.3. The predicted octanol–water partition coefficient (Wildman–Crippen LogP) is 2.20. The van der Waals surface area contributed by atoms with Gasteiger partial charge in [0.2, 0.25) is 0 Å². The SMILES string of the molecule is COC(=O)[C@H]1CN(C(=O)C(C)OC)C[C@@H]1c1ccc(Br)cc1. The Balaban J connectivity index is 2.24. The number of hydrogen-bond acceptors (Lipinski definition) is 4. The topological polar surface area (TPSA) is 55.8 Å². The van der Waals surface area contributed by atoms with Gasteiger partial charge in [-0.05, 0) is 24.6 Å². The van der Waals surface area contributed by atoms with Crippen molar-refractivity contribution in [2.45, 2.75) is 18.9 Å². The highest BCUT2D eigenvalue weighted by atomic mass is 79.9. The van der Waals surface area contributed by atoms with Crippen LogP contribution in [0.2, 0.25) is 0 Å². The van der Waals surface area contributed by atoms with Crippen LogP contribution < -0.4 is 0 Å². The van der Waals surface area contributed by atoms with Gasteiger partial charge in [-0.3, -0.25) is 9.59 Å². The molecule has 1 unspecified atom stereocenters. The Morgan fingerprint density at radius 1 is 1.23 bits per heavy atom. The summed E-state index contributed by atoms with van der Waals surface area (Å²) in [5, 5.41) is 0. The molecule has 1 fully saturated rings. The third-order valence-corrected chi connectivity index (χ3v) is 4.66. The van der Waals surface area contributed by atoms with Gasteiger partial charge in [0.25, 0.3) is 5.91 Å². The van der Waals surface area contributed by atoms with Crippen molar-refractivity contribution in [3.63, 3.8) is 0 Å². The van der Waals surface area contributed by atoms with E-state index in [9.17, 15) is 9.59 Å². The average Bonchev–Trinajstić information content (AvgIpc) is 2.98. The fraction of sp³-hybridized carbons (Fsp3) is 0.500. The molecule has 1 aromatic carbocycles. The summed E-state index contributed by atoms with van der Waals surface area (Å²) in [6, 6.07) is 7.81. The summed E-state index contributed by atoms with van der Waals surface area (Å²) >= 11 is 3.40. The second-order valence-corrected chi connectivity index (χ2v) is 6.32. The molecule has 0 radical (unpaired) electrons. The second-order valence-electron chi connectivity index (χ2n) is 5.41. The summed E-state index contributed by atoms with van der Waals surface area (Å²) in [7, 11) is 2.88. The fourth-order valence-corrected chi connectivity index (χ4v) is 3.04. The van der Waals surface area contributed by atoms with Crippen molar-refractivity contribution in [2.24, 2.45) is 5.92 Å². The molecular formula is C16H20BrNO4. The molecule has 1 aliphatic rings. The lowest BCUT2D eigenvalue weighted by molar-refractivity contribution is -0.146. The molecule has 2 rings (SSSR count). The number of hydrogen-bond donors (Lipinski definition) is 0. The summed E-state index contributed by atoms with van der Waals surface area (Å²) in [6.07, 6.45) is -0.512. The minimum atomic E-state index is -0.512. The van der Waals surface area contributed by atoms with Crippen LogP contribution in [-0.2, 0) is 19.1 Å². The highest BCUT2D eigenvalue weighted by molar-refractivity contribution is 9.10. The number of likely N-dealkylation sites (tertiary alicyclic amines) is 1. The predicted molar refractivity (Wildman–Crippen MR) is 85.4 cm³/mol. The van der Waals surface area contributed by atoms with E-state index in [0.717, 1.165) is 10.0 Å². The molecule has 1 saturated heterocycles. The summed E-state index contributed by atoms with van der Waals surface area (Å²) in [6.45, 7) is 2.57. The number of amides is 1. The molecule has 0 aromatic heterocycles. The van der Waals surface area contributed by atoms with Gasteiger partial charge >= 0.3 is 5.97 Å². The smallest absolute Gasteiger partial charge is 0.311 e. The largest absolute Gasteiger partial charge is 0.469 e.